The van der Waals surface area contributed by atoms with E-state index in [1.807, 2.05) is 19.1 Å². The van der Waals surface area contributed by atoms with Crippen molar-refractivity contribution in [3.8, 4) is 0 Å². The monoisotopic (exact) mass is 1100 g/mol. The van der Waals surface area contributed by atoms with Gasteiger partial charge < -0.3 is 30.8 Å². The van der Waals surface area contributed by atoms with Gasteiger partial charge in [0.05, 0.1) is 0 Å². The number of rotatable bonds is 8. The standard InChI is InChI=1S/C9H11.C5H12N.C5H11O.C3H7.2CH4.4W/c1-2-6-9-7-4-3-5-8-9;2*1-3-5-6-4-2;1-3-2;;;;;;/h4-5,7-8H,2,6H2,1H3;6H,2-5H2,1H3;2-5H2,1H3;1,3H2,2H3;2*1H4;;;;/q4*-1;;;;;;. The molecule has 0 aliphatic rings. The number of aryl methyl sites for hydroxylation is 1. The van der Waals surface area contributed by atoms with Gasteiger partial charge in [-0.15, -0.1) is 6.54 Å². The van der Waals surface area contributed by atoms with Gasteiger partial charge in [-0.1, -0.05) is 62.0 Å². The van der Waals surface area contributed by atoms with E-state index in [1.165, 1.54) is 24.8 Å². The molecule has 0 atom stereocenters. The van der Waals surface area contributed by atoms with Gasteiger partial charge in [-0.2, -0.15) is 42.3 Å². The summed E-state index contributed by atoms with van der Waals surface area (Å²) < 4.78 is 4.87. The molecule has 0 saturated carbocycles. The molecule has 0 aromatic heterocycles. The predicted octanol–water partition coefficient (Wildman–Crippen LogP) is 7.00. The summed E-state index contributed by atoms with van der Waals surface area (Å²) in [6, 6.07) is 11.1. The van der Waals surface area contributed by atoms with Crippen LogP contribution in [0.4, 0.5) is 0 Å². The number of ether oxygens (including phenoxy) is 1. The zero-order chi connectivity index (χ0) is 18.9. The van der Waals surface area contributed by atoms with Crippen molar-refractivity contribution in [3.05, 3.63) is 56.7 Å². The molecule has 0 heterocycles. The molecule has 184 valence electrons. The third-order valence-electron chi connectivity index (χ3n) is 2.42. The Kier molecular flexibility index (Phi) is 122. The van der Waals surface area contributed by atoms with E-state index in [1.54, 1.807) is 0 Å². The second-order valence-corrected chi connectivity index (χ2v) is 5.02. The molecule has 1 aromatic carbocycles. The van der Waals surface area contributed by atoms with Gasteiger partial charge >= 0.3 is 0 Å². The third kappa shape index (κ3) is 69.9. The van der Waals surface area contributed by atoms with Crippen molar-refractivity contribution >= 4 is 0 Å². The van der Waals surface area contributed by atoms with Gasteiger partial charge in [-0.3, -0.25) is 0 Å². The van der Waals surface area contributed by atoms with Crippen molar-refractivity contribution in [1.82, 2.24) is 5.32 Å². The molecule has 0 unspecified atom stereocenters. The first kappa shape index (κ1) is 58.1. The van der Waals surface area contributed by atoms with Gasteiger partial charge in [-0.25, -0.2) is 0 Å². The van der Waals surface area contributed by atoms with Crippen molar-refractivity contribution in [1.29, 1.82) is 0 Å². The molecule has 0 aliphatic heterocycles. The Morgan fingerprint density at radius 1 is 0.833 bits per heavy atom. The molecule has 0 fully saturated rings. The Labute approximate surface area is 249 Å². The molecular weight excluding hydrogens is 1050 g/mol. The number of nitrogens with one attached hydrogen (secondary N) is 1. The Hall–Kier alpha value is 1.89. The molecule has 0 radical (unpaired) electrons. The SMILES string of the molecule is C.C.CCCc1cc[c-]cc1.[CH2-]CC.[CH2-]CNCCC.[CH2-]COCCC.[W].[W].[W].[W]. The summed E-state index contributed by atoms with van der Waals surface area (Å²) in [6.07, 6.45) is 5.71. The van der Waals surface area contributed by atoms with E-state index >= 15 is 0 Å². The van der Waals surface area contributed by atoms with E-state index in [0.29, 0.717) is 6.61 Å². The first-order valence-corrected chi connectivity index (χ1v) is 9.29. The van der Waals surface area contributed by atoms with E-state index in [0.717, 1.165) is 32.5 Å². The largest absolute Gasteiger partial charge is 0.413 e. The molecular formula is C24H49NOW4-4. The van der Waals surface area contributed by atoms with Gasteiger partial charge in [0.15, 0.2) is 0 Å². The van der Waals surface area contributed by atoms with Crippen LogP contribution in [-0.2, 0) is 95.4 Å². The fourth-order valence-corrected chi connectivity index (χ4v) is 1.42. The molecule has 0 spiro atoms. The Balaban J connectivity index is -0.0000000276. The van der Waals surface area contributed by atoms with Crippen LogP contribution >= 0.6 is 0 Å². The van der Waals surface area contributed by atoms with Crippen LogP contribution in [0.1, 0.15) is 73.8 Å². The summed E-state index contributed by atoms with van der Waals surface area (Å²) in [7, 11) is 0. The number of hydrogen-bond acceptors (Lipinski definition) is 2. The fraction of sp³-hybridized carbons (Fsp3) is 0.625. The average molecular weight is 1100 g/mol. The topological polar surface area (TPSA) is 21.3 Å². The molecule has 1 aromatic rings. The summed E-state index contributed by atoms with van der Waals surface area (Å²) in [6.45, 7) is 22.4. The first-order chi connectivity index (χ1) is 11.7. The van der Waals surface area contributed by atoms with Gasteiger partial charge in [-0.05, 0) is 19.4 Å². The molecule has 0 aliphatic carbocycles. The number of hydrogen-bond donors (Lipinski definition) is 1. The summed E-state index contributed by atoms with van der Waals surface area (Å²) in [4.78, 5) is 0. The van der Waals surface area contributed by atoms with Crippen LogP contribution in [0.3, 0.4) is 0 Å². The van der Waals surface area contributed by atoms with Crippen molar-refractivity contribution in [2.24, 2.45) is 0 Å². The maximum absolute atomic E-state index is 4.87. The minimum Gasteiger partial charge on any atom is -0.413 e. The van der Waals surface area contributed by atoms with Crippen molar-refractivity contribution in [2.45, 2.75) is 74.7 Å². The summed E-state index contributed by atoms with van der Waals surface area (Å²) >= 11 is 0. The average Bonchev–Trinajstić information content (AvgIpc) is 2.61. The van der Waals surface area contributed by atoms with E-state index < -0.39 is 0 Å². The second kappa shape index (κ2) is 63.2. The van der Waals surface area contributed by atoms with Crippen LogP contribution in [0, 0.1) is 26.8 Å². The number of benzene rings is 1. The molecule has 0 bridgehead atoms. The van der Waals surface area contributed by atoms with Crippen molar-refractivity contribution < 1.29 is 89.0 Å². The summed E-state index contributed by atoms with van der Waals surface area (Å²) in [5.74, 6) is 0. The van der Waals surface area contributed by atoms with Gasteiger partial charge in [0.2, 0.25) is 0 Å². The summed E-state index contributed by atoms with van der Waals surface area (Å²) in [5, 5.41) is 3.09. The molecule has 0 saturated heterocycles. The van der Waals surface area contributed by atoms with E-state index in [-0.39, 0.29) is 99.1 Å². The van der Waals surface area contributed by atoms with Crippen LogP contribution in [0.15, 0.2) is 24.3 Å². The smallest absolute Gasteiger partial charge is 0.0427 e. The molecule has 2 nitrogen and oxygen atoms in total. The first-order valence-electron chi connectivity index (χ1n) is 9.29. The van der Waals surface area contributed by atoms with Crippen molar-refractivity contribution in [3.63, 3.8) is 0 Å². The minimum atomic E-state index is 0. The minimum absolute atomic E-state index is 0. The van der Waals surface area contributed by atoms with Gasteiger partial charge in [0, 0.05) is 90.9 Å². The Morgan fingerprint density at radius 2 is 1.30 bits per heavy atom. The molecule has 1 N–H and O–H groups in total. The normalized spacial score (nSPS) is 7.03. The third-order valence-corrected chi connectivity index (χ3v) is 2.42. The van der Waals surface area contributed by atoms with Crippen LogP contribution in [0.25, 0.3) is 0 Å². The van der Waals surface area contributed by atoms with Crippen LogP contribution in [0.5, 0.6) is 0 Å². The zero-order valence-corrected chi connectivity index (χ0v) is 30.1. The maximum Gasteiger partial charge on any atom is 0.0427 e. The molecule has 1 rings (SSSR count). The zero-order valence-electron chi connectivity index (χ0n) is 18.3. The van der Waals surface area contributed by atoms with Crippen LogP contribution in [-0.4, -0.2) is 26.3 Å². The summed E-state index contributed by atoms with van der Waals surface area (Å²) in [5.41, 5.74) is 1.41. The Morgan fingerprint density at radius 3 is 1.53 bits per heavy atom. The molecule has 6 heteroatoms. The Bertz CT molecular complexity index is 276. The molecule has 30 heavy (non-hydrogen) atoms. The fourth-order valence-electron chi connectivity index (χ4n) is 1.42. The van der Waals surface area contributed by atoms with E-state index in [4.69, 9.17) is 4.74 Å². The predicted molar refractivity (Wildman–Crippen MR) is 123 cm³/mol. The quantitative estimate of drug-likeness (QED) is 0.224. The van der Waals surface area contributed by atoms with Crippen molar-refractivity contribution in [2.75, 3.05) is 26.3 Å². The second-order valence-electron chi connectivity index (χ2n) is 5.02. The van der Waals surface area contributed by atoms with Gasteiger partial charge in [0.25, 0.3) is 0 Å². The van der Waals surface area contributed by atoms with E-state index in [9.17, 15) is 0 Å². The maximum atomic E-state index is 4.87. The van der Waals surface area contributed by atoms with E-state index in [2.05, 4.69) is 65.1 Å². The molecule has 0 amide bonds. The van der Waals surface area contributed by atoms with Crippen LogP contribution < -0.4 is 5.32 Å². The van der Waals surface area contributed by atoms with Gasteiger partial charge in [0.1, 0.15) is 0 Å². The van der Waals surface area contributed by atoms with Crippen LogP contribution in [0.2, 0.25) is 0 Å².